The summed E-state index contributed by atoms with van der Waals surface area (Å²) in [5.74, 6) is 0.887. The molecule has 0 radical (unpaired) electrons. The van der Waals surface area contributed by atoms with Crippen molar-refractivity contribution in [2.45, 2.75) is 33.2 Å². The van der Waals surface area contributed by atoms with Crippen LogP contribution in [0.25, 0.3) is 10.2 Å². The molecule has 154 valence electrons. The van der Waals surface area contributed by atoms with Gasteiger partial charge >= 0.3 is 0 Å². The average molecular weight is 424 g/mol. The highest BCUT2D eigenvalue weighted by Gasteiger charge is 2.25. The minimum absolute atomic E-state index is 0.217. The number of nitrogens with zero attached hydrogens (tertiary/aromatic N) is 4. The van der Waals surface area contributed by atoms with Gasteiger partial charge in [0.25, 0.3) is 5.91 Å². The number of amides is 1. The molecule has 8 heteroatoms. The highest BCUT2D eigenvalue weighted by atomic mass is 32.1. The van der Waals surface area contributed by atoms with Gasteiger partial charge in [0.15, 0.2) is 0 Å². The molecule has 0 spiro atoms. The van der Waals surface area contributed by atoms with Gasteiger partial charge in [-0.15, -0.1) is 11.3 Å². The van der Waals surface area contributed by atoms with Crippen molar-refractivity contribution in [3.63, 3.8) is 0 Å². The monoisotopic (exact) mass is 423 g/mol. The number of hydrogen-bond acceptors (Lipinski definition) is 5. The number of aromatic nitrogens is 4. The van der Waals surface area contributed by atoms with Crippen molar-refractivity contribution in [3.05, 3.63) is 75.8 Å². The number of carbonyl (C=O) groups is 1. The summed E-state index contributed by atoms with van der Waals surface area (Å²) >= 11 is 1.37. The highest BCUT2D eigenvalue weighted by molar-refractivity contribution is 7.20. The molecule has 30 heavy (non-hydrogen) atoms. The summed E-state index contributed by atoms with van der Waals surface area (Å²) in [5.41, 5.74) is 2.50. The highest BCUT2D eigenvalue weighted by Crippen LogP contribution is 2.32. The summed E-state index contributed by atoms with van der Waals surface area (Å²) in [4.78, 5) is 28.2. The van der Waals surface area contributed by atoms with Crippen molar-refractivity contribution in [1.82, 2.24) is 24.8 Å². The SMILES string of the molecule is CCc1nc(C)c2c(C)c(C(=O)NC(c3ccc(F)cc3)c3nccn3C)sc2n1. The third kappa shape index (κ3) is 3.59. The van der Waals surface area contributed by atoms with E-state index in [-0.39, 0.29) is 11.7 Å². The first kappa shape index (κ1) is 20.2. The third-order valence-corrected chi connectivity index (χ3v) is 6.32. The summed E-state index contributed by atoms with van der Waals surface area (Å²) < 4.78 is 15.3. The van der Waals surface area contributed by atoms with Gasteiger partial charge < -0.3 is 9.88 Å². The van der Waals surface area contributed by atoms with Crippen LogP contribution in [0, 0.1) is 19.7 Å². The van der Waals surface area contributed by atoms with E-state index in [9.17, 15) is 9.18 Å². The Morgan fingerprint density at radius 1 is 1.23 bits per heavy atom. The lowest BCUT2D eigenvalue weighted by molar-refractivity contribution is 0.0945. The Morgan fingerprint density at radius 2 is 1.97 bits per heavy atom. The largest absolute Gasteiger partial charge is 0.337 e. The zero-order chi connectivity index (χ0) is 21.4. The molecule has 0 aliphatic rings. The van der Waals surface area contributed by atoms with Gasteiger partial charge in [-0.25, -0.2) is 19.3 Å². The predicted octanol–water partition coefficient (Wildman–Crippen LogP) is 4.26. The number of aryl methyl sites for hydroxylation is 4. The van der Waals surface area contributed by atoms with Crippen molar-refractivity contribution in [2.75, 3.05) is 0 Å². The van der Waals surface area contributed by atoms with Crippen molar-refractivity contribution in [1.29, 1.82) is 0 Å². The van der Waals surface area contributed by atoms with Gasteiger partial charge in [-0.05, 0) is 37.1 Å². The third-order valence-electron chi connectivity index (χ3n) is 5.14. The topological polar surface area (TPSA) is 72.7 Å². The molecule has 0 saturated heterocycles. The second-order valence-electron chi connectivity index (χ2n) is 7.17. The number of fused-ring (bicyclic) bond motifs is 1. The normalized spacial score (nSPS) is 12.3. The van der Waals surface area contributed by atoms with Gasteiger partial charge in [0.05, 0.1) is 4.88 Å². The van der Waals surface area contributed by atoms with Crippen LogP contribution in [0.15, 0.2) is 36.7 Å². The molecule has 1 atom stereocenters. The first-order chi connectivity index (χ1) is 14.4. The standard InChI is InChI=1S/C22H22FN5OS/c1-5-16-25-13(3)17-12(2)19(30-22(17)26-16)21(29)27-18(20-24-10-11-28(20)4)14-6-8-15(23)9-7-14/h6-11,18H,5H2,1-4H3,(H,27,29). The van der Waals surface area contributed by atoms with E-state index < -0.39 is 6.04 Å². The van der Waals surface area contributed by atoms with Gasteiger partial charge in [0.1, 0.15) is 28.3 Å². The molecule has 1 aromatic carbocycles. The number of hydrogen-bond donors (Lipinski definition) is 1. The van der Waals surface area contributed by atoms with E-state index in [2.05, 4.69) is 20.3 Å². The van der Waals surface area contributed by atoms with Crippen LogP contribution in [0.1, 0.15) is 51.1 Å². The summed E-state index contributed by atoms with van der Waals surface area (Å²) in [7, 11) is 1.86. The first-order valence-electron chi connectivity index (χ1n) is 9.69. The van der Waals surface area contributed by atoms with Gasteiger partial charge in [0, 0.05) is 36.9 Å². The van der Waals surface area contributed by atoms with Crippen LogP contribution < -0.4 is 5.32 Å². The second kappa shape index (κ2) is 7.95. The maximum atomic E-state index is 13.5. The van der Waals surface area contributed by atoms with Crippen LogP contribution in [-0.2, 0) is 13.5 Å². The van der Waals surface area contributed by atoms with Gasteiger partial charge in [-0.2, -0.15) is 0 Å². The molecular weight excluding hydrogens is 401 g/mol. The molecule has 6 nitrogen and oxygen atoms in total. The number of halogens is 1. The smallest absolute Gasteiger partial charge is 0.262 e. The molecule has 3 heterocycles. The molecule has 1 unspecified atom stereocenters. The average Bonchev–Trinajstić information content (AvgIpc) is 3.30. The van der Waals surface area contributed by atoms with E-state index in [1.54, 1.807) is 18.3 Å². The van der Waals surface area contributed by atoms with Crippen LogP contribution in [-0.4, -0.2) is 25.4 Å². The lowest BCUT2D eigenvalue weighted by atomic mass is 10.1. The fourth-order valence-corrected chi connectivity index (χ4v) is 4.73. The van der Waals surface area contributed by atoms with Crippen molar-refractivity contribution < 1.29 is 9.18 Å². The van der Waals surface area contributed by atoms with E-state index in [1.807, 2.05) is 38.6 Å². The number of carbonyl (C=O) groups excluding carboxylic acids is 1. The number of nitrogens with one attached hydrogen (secondary N) is 1. The minimum atomic E-state index is -0.513. The zero-order valence-corrected chi connectivity index (χ0v) is 18.0. The molecule has 0 saturated carbocycles. The summed E-state index contributed by atoms with van der Waals surface area (Å²) in [6, 6.07) is 5.58. The zero-order valence-electron chi connectivity index (χ0n) is 17.2. The van der Waals surface area contributed by atoms with Crippen LogP contribution in [0.5, 0.6) is 0 Å². The van der Waals surface area contributed by atoms with Gasteiger partial charge in [0.2, 0.25) is 0 Å². The van der Waals surface area contributed by atoms with Gasteiger partial charge in [-0.1, -0.05) is 19.1 Å². The molecule has 0 aliphatic carbocycles. The summed E-state index contributed by atoms with van der Waals surface area (Å²) in [6.45, 7) is 5.87. The van der Waals surface area contributed by atoms with Crippen LogP contribution in [0.4, 0.5) is 4.39 Å². The Hall–Kier alpha value is -3.13. The number of rotatable bonds is 5. The van der Waals surface area contributed by atoms with Crippen molar-refractivity contribution >= 4 is 27.5 Å². The molecular formula is C22H22FN5OS. The summed E-state index contributed by atoms with van der Waals surface area (Å²) in [6.07, 6.45) is 4.23. The number of benzene rings is 1. The Morgan fingerprint density at radius 3 is 2.60 bits per heavy atom. The first-order valence-corrected chi connectivity index (χ1v) is 10.5. The van der Waals surface area contributed by atoms with Crippen molar-refractivity contribution in [2.24, 2.45) is 7.05 Å². The fraction of sp³-hybridized carbons (Fsp3) is 0.273. The molecule has 4 rings (SSSR count). The number of thiophene rings is 1. The molecule has 1 N–H and O–H groups in total. The quantitative estimate of drug-likeness (QED) is 0.521. The summed E-state index contributed by atoms with van der Waals surface area (Å²) in [5, 5.41) is 4.01. The van der Waals surface area contributed by atoms with Crippen LogP contribution in [0.2, 0.25) is 0 Å². The van der Waals surface area contributed by atoms with E-state index in [0.717, 1.165) is 39.3 Å². The Bertz CT molecular complexity index is 1230. The molecule has 0 aliphatic heterocycles. The van der Waals surface area contributed by atoms with E-state index in [0.29, 0.717) is 10.7 Å². The van der Waals surface area contributed by atoms with Crippen molar-refractivity contribution in [3.8, 4) is 0 Å². The Kier molecular flexibility index (Phi) is 5.34. The maximum Gasteiger partial charge on any atom is 0.262 e. The minimum Gasteiger partial charge on any atom is -0.337 e. The molecule has 0 bridgehead atoms. The molecule has 0 fully saturated rings. The van der Waals surface area contributed by atoms with E-state index in [1.165, 1.54) is 23.5 Å². The second-order valence-corrected chi connectivity index (χ2v) is 8.17. The lowest BCUT2D eigenvalue weighted by Gasteiger charge is -2.19. The molecule has 1 amide bonds. The van der Waals surface area contributed by atoms with Gasteiger partial charge in [-0.3, -0.25) is 4.79 Å². The maximum absolute atomic E-state index is 13.5. The Balaban J connectivity index is 1.74. The van der Waals surface area contributed by atoms with E-state index in [4.69, 9.17) is 0 Å². The van der Waals surface area contributed by atoms with Crippen LogP contribution >= 0.6 is 11.3 Å². The fourth-order valence-electron chi connectivity index (χ4n) is 3.57. The Labute approximate surface area is 177 Å². The molecule has 4 aromatic rings. The van der Waals surface area contributed by atoms with E-state index >= 15 is 0 Å². The van der Waals surface area contributed by atoms with Crippen LogP contribution in [0.3, 0.4) is 0 Å². The predicted molar refractivity (Wildman–Crippen MR) is 115 cm³/mol. The molecule has 3 aromatic heterocycles. The number of imidazole rings is 1. The lowest BCUT2D eigenvalue weighted by Crippen LogP contribution is -2.31.